The lowest BCUT2D eigenvalue weighted by molar-refractivity contribution is 0.0697. The summed E-state index contributed by atoms with van der Waals surface area (Å²) in [6.07, 6.45) is 0. The Balaban J connectivity index is 1.90. The molecule has 1 heterocycles. The number of halogens is 1. The zero-order chi connectivity index (χ0) is 14.8. The molecule has 4 heteroatoms. The molecule has 0 saturated heterocycles. The summed E-state index contributed by atoms with van der Waals surface area (Å²) in [6, 6.07) is 18.8. The molecule has 1 aromatic heterocycles. The third kappa shape index (κ3) is 2.99. The predicted octanol–water partition coefficient (Wildman–Crippen LogP) is 5.43. The molecule has 0 radical (unpaired) electrons. The average molecular weight is 315 g/mol. The highest BCUT2D eigenvalue weighted by Gasteiger charge is 2.07. The zero-order valence-electron chi connectivity index (χ0n) is 10.9. The lowest BCUT2D eigenvalue weighted by atomic mass is 10.1. The van der Waals surface area contributed by atoms with E-state index < -0.39 is 5.97 Å². The maximum Gasteiger partial charge on any atom is 0.335 e. The van der Waals surface area contributed by atoms with Gasteiger partial charge in [0.05, 0.1) is 5.56 Å². The third-order valence-electron chi connectivity index (χ3n) is 3.15. The van der Waals surface area contributed by atoms with Crippen LogP contribution in [0.4, 0.5) is 0 Å². The van der Waals surface area contributed by atoms with Crippen molar-refractivity contribution in [3.8, 4) is 20.9 Å². The minimum absolute atomic E-state index is 0.299. The Bertz CT molecular complexity index is 773. The molecule has 21 heavy (non-hydrogen) atoms. The highest BCUT2D eigenvalue weighted by atomic mass is 35.5. The predicted molar refractivity (Wildman–Crippen MR) is 87.2 cm³/mol. The van der Waals surface area contributed by atoms with Gasteiger partial charge in [-0.15, -0.1) is 11.3 Å². The third-order valence-corrected chi connectivity index (χ3v) is 4.59. The summed E-state index contributed by atoms with van der Waals surface area (Å²) in [5, 5.41) is 9.64. The van der Waals surface area contributed by atoms with Gasteiger partial charge in [0.25, 0.3) is 0 Å². The van der Waals surface area contributed by atoms with Crippen LogP contribution in [0.25, 0.3) is 20.9 Å². The van der Waals surface area contributed by atoms with Crippen LogP contribution in [-0.2, 0) is 0 Å². The average Bonchev–Trinajstić information content (AvgIpc) is 2.98. The Labute approximate surface area is 131 Å². The lowest BCUT2D eigenvalue weighted by Crippen LogP contribution is -1.94. The Morgan fingerprint density at radius 2 is 1.29 bits per heavy atom. The quantitative estimate of drug-likeness (QED) is 0.699. The van der Waals surface area contributed by atoms with Crippen molar-refractivity contribution in [3.63, 3.8) is 0 Å². The van der Waals surface area contributed by atoms with Crippen LogP contribution in [0.2, 0.25) is 5.02 Å². The van der Waals surface area contributed by atoms with Crippen LogP contribution in [-0.4, -0.2) is 11.1 Å². The van der Waals surface area contributed by atoms with Crippen LogP contribution >= 0.6 is 22.9 Å². The molecule has 3 aromatic rings. The first-order valence-electron chi connectivity index (χ1n) is 6.33. The highest BCUT2D eigenvalue weighted by molar-refractivity contribution is 7.18. The molecule has 0 spiro atoms. The van der Waals surface area contributed by atoms with Crippen molar-refractivity contribution in [1.82, 2.24) is 0 Å². The van der Waals surface area contributed by atoms with Crippen LogP contribution < -0.4 is 0 Å². The number of thiophene rings is 1. The molecule has 0 bridgehead atoms. The van der Waals surface area contributed by atoms with Crippen molar-refractivity contribution in [2.24, 2.45) is 0 Å². The van der Waals surface area contributed by atoms with Crippen LogP contribution in [0.1, 0.15) is 10.4 Å². The molecule has 0 saturated carbocycles. The van der Waals surface area contributed by atoms with E-state index in [1.165, 1.54) is 0 Å². The number of benzene rings is 2. The van der Waals surface area contributed by atoms with Gasteiger partial charge in [-0.2, -0.15) is 0 Å². The second kappa shape index (κ2) is 5.72. The Kier molecular flexibility index (Phi) is 3.78. The van der Waals surface area contributed by atoms with E-state index in [2.05, 4.69) is 6.07 Å². The summed E-state index contributed by atoms with van der Waals surface area (Å²) in [4.78, 5) is 13.1. The topological polar surface area (TPSA) is 37.3 Å². The van der Waals surface area contributed by atoms with Gasteiger partial charge in [0.2, 0.25) is 0 Å². The van der Waals surface area contributed by atoms with Crippen molar-refractivity contribution < 1.29 is 9.90 Å². The lowest BCUT2D eigenvalue weighted by Gasteiger charge is -1.99. The molecule has 0 fully saturated rings. The van der Waals surface area contributed by atoms with E-state index in [-0.39, 0.29) is 0 Å². The van der Waals surface area contributed by atoms with Gasteiger partial charge in [0.15, 0.2) is 0 Å². The smallest absolute Gasteiger partial charge is 0.335 e. The number of aromatic carboxylic acids is 1. The molecule has 1 N–H and O–H groups in total. The molecule has 2 nitrogen and oxygen atoms in total. The first kappa shape index (κ1) is 13.9. The van der Waals surface area contributed by atoms with Crippen LogP contribution in [0.15, 0.2) is 60.7 Å². The van der Waals surface area contributed by atoms with Crippen LogP contribution in [0.5, 0.6) is 0 Å². The number of hydrogen-bond donors (Lipinski definition) is 1. The second-order valence-corrected chi connectivity index (χ2v) is 6.07. The fraction of sp³-hybridized carbons (Fsp3) is 0. The molecule has 0 atom stereocenters. The highest BCUT2D eigenvalue weighted by Crippen LogP contribution is 2.34. The van der Waals surface area contributed by atoms with E-state index in [1.54, 1.807) is 23.5 Å². The van der Waals surface area contributed by atoms with Crippen molar-refractivity contribution in [2.75, 3.05) is 0 Å². The van der Waals surface area contributed by atoms with E-state index >= 15 is 0 Å². The fourth-order valence-electron chi connectivity index (χ4n) is 2.04. The molecule has 3 rings (SSSR count). The molecular formula is C17H11ClO2S. The zero-order valence-corrected chi connectivity index (χ0v) is 12.5. The van der Waals surface area contributed by atoms with Gasteiger partial charge in [-0.3, -0.25) is 0 Å². The summed E-state index contributed by atoms with van der Waals surface area (Å²) in [5.74, 6) is -0.908. The largest absolute Gasteiger partial charge is 0.478 e. The second-order valence-electron chi connectivity index (χ2n) is 4.55. The maximum absolute atomic E-state index is 10.9. The van der Waals surface area contributed by atoms with E-state index in [0.29, 0.717) is 5.56 Å². The number of carbonyl (C=O) groups is 1. The van der Waals surface area contributed by atoms with Gasteiger partial charge >= 0.3 is 5.97 Å². The molecule has 0 aliphatic heterocycles. The maximum atomic E-state index is 10.9. The number of rotatable bonds is 3. The van der Waals surface area contributed by atoms with Crippen LogP contribution in [0, 0.1) is 0 Å². The SMILES string of the molecule is O=C(O)c1ccc(-c2ccc(-c3ccc(Cl)cc3)s2)cc1. The molecule has 0 aliphatic carbocycles. The van der Waals surface area contributed by atoms with Gasteiger partial charge in [0, 0.05) is 14.8 Å². The van der Waals surface area contributed by atoms with Gasteiger partial charge in [-0.25, -0.2) is 4.79 Å². The van der Waals surface area contributed by atoms with Crippen molar-refractivity contribution in [2.45, 2.75) is 0 Å². The van der Waals surface area contributed by atoms with Crippen molar-refractivity contribution >= 4 is 28.9 Å². The minimum atomic E-state index is -0.908. The van der Waals surface area contributed by atoms with Gasteiger partial charge in [-0.05, 0) is 47.5 Å². The number of carboxylic acid groups (broad SMARTS) is 1. The van der Waals surface area contributed by atoms with E-state index in [0.717, 1.165) is 25.9 Å². The van der Waals surface area contributed by atoms with Crippen LogP contribution in [0.3, 0.4) is 0 Å². The molecule has 0 unspecified atom stereocenters. The standard InChI is InChI=1S/C17H11ClO2S/c18-14-7-5-12(6-8-14)16-10-9-15(21-16)11-1-3-13(4-2-11)17(19)20/h1-10H,(H,19,20). The molecule has 2 aromatic carbocycles. The summed E-state index contributed by atoms with van der Waals surface area (Å²) >= 11 is 7.56. The Hall–Kier alpha value is -2.10. The fourth-order valence-corrected chi connectivity index (χ4v) is 3.18. The first-order valence-corrected chi connectivity index (χ1v) is 7.52. The normalized spacial score (nSPS) is 10.5. The van der Waals surface area contributed by atoms with E-state index in [4.69, 9.17) is 16.7 Å². The molecular weight excluding hydrogens is 304 g/mol. The first-order chi connectivity index (χ1) is 10.1. The minimum Gasteiger partial charge on any atom is -0.478 e. The molecule has 0 aliphatic rings. The van der Waals surface area contributed by atoms with E-state index in [1.807, 2.05) is 42.5 Å². The van der Waals surface area contributed by atoms with E-state index in [9.17, 15) is 4.79 Å². The molecule has 0 amide bonds. The van der Waals surface area contributed by atoms with Gasteiger partial charge in [0.1, 0.15) is 0 Å². The van der Waals surface area contributed by atoms with Crippen molar-refractivity contribution in [3.05, 3.63) is 71.2 Å². The summed E-state index contributed by atoms with van der Waals surface area (Å²) in [5.41, 5.74) is 2.44. The number of carboxylic acids is 1. The Morgan fingerprint density at radius 1 is 0.810 bits per heavy atom. The molecule has 104 valence electrons. The number of hydrogen-bond acceptors (Lipinski definition) is 2. The van der Waals surface area contributed by atoms with Gasteiger partial charge < -0.3 is 5.11 Å². The summed E-state index contributed by atoms with van der Waals surface area (Å²) in [7, 11) is 0. The Morgan fingerprint density at radius 3 is 1.76 bits per heavy atom. The van der Waals surface area contributed by atoms with Crippen molar-refractivity contribution in [1.29, 1.82) is 0 Å². The summed E-state index contributed by atoms with van der Waals surface area (Å²) in [6.45, 7) is 0. The summed E-state index contributed by atoms with van der Waals surface area (Å²) < 4.78 is 0. The monoisotopic (exact) mass is 314 g/mol. The van der Waals surface area contributed by atoms with Gasteiger partial charge in [-0.1, -0.05) is 35.9 Å².